The van der Waals surface area contributed by atoms with Crippen molar-refractivity contribution in [2.24, 2.45) is 5.73 Å². The maximum atomic E-state index is 13.5. The van der Waals surface area contributed by atoms with E-state index < -0.39 is 5.91 Å². The number of fused-ring (bicyclic) bond motifs is 1. The lowest BCUT2D eigenvalue weighted by molar-refractivity contribution is -0.117. The first-order chi connectivity index (χ1) is 10.5. The van der Waals surface area contributed by atoms with Gasteiger partial charge in [0.15, 0.2) is 0 Å². The lowest BCUT2D eigenvalue weighted by atomic mass is 10.1. The van der Waals surface area contributed by atoms with E-state index in [0.29, 0.717) is 11.1 Å². The number of benzene rings is 1. The first kappa shape index (κ1) is 14.7. The maximum absolute atomic E-state index is 13.5. The fraction of sp³-hybridized carbons (Fsp3) is 0.375. The van der Waals surface area contributed by atoms with Gasteiger partial charge >= 0.3 is 0 Å². The van der Waals surface area contributed by atoms with Crippen LogP contribution >= 0.6 is 0 Å². The molecule has 1 amide bonds. The van der Waals surface area contributed by atoms with Crippen LogP contribution in [-0.2, 0) is 11.2 Å². The van der Waals surface area contributed by atoms with Crippen LogP contribution in [0.1, 0.15) is 5.69 Å². The number of rotatable bonds is 3. The van der Waals surface area contributed by atoms with Gasteiger partial charge < -0.3 is 15.5 Å². The number of anilines is 1. The molecule has 5 nitrogen and oxygen atoms in total. The predicted octanol–water partition coefficient (Wildman–Crippen LogP) is 1.15. The van der Waals surface area contributed by atoms with Crippen molar-refractivity contribution < 1.29 is 9.18 Å². The summed E-state index contributed by atoms with van der Waals surface area (Å²) >= 11 is 0. The third kappa shape index (κ3) is 3.01. The lowest BCUT2D eigenvalue weighted by Gasteiger charge is -2.33. The van der Waals surface area contributed by atoms with Gasteiger partial charge in [-0.1, -0.05) is 6.07 Å². The molecule has 2 N–H and O–H groups in total. The number of piperazine rings is 1. The van der Waals surface area contributed by atoms with Crippen molar-refractivity contribution in [1.82, 2.24) is 9.88 Å². The van der Waals surface area contributed by atoms with Gasteiger partial charge in [-0.2, -0.15) is 0 Å². The first-order valence-electron chi connectivity index (χ1n) is 7.34. The highest BCUT2D eigenvalue weighted by molar-refractivity contribution is 5.90. The molecule has 3 rings (SSSR count). The number of halogens is 1. The SMILES string of the molecule is CN1CCN(c2cc3ccc(F)cc3c(CC(N)=O)n2)CC1. The Bertz CT molecular complexity index is 711. The van der Waals surface area contributed by atoms with Crippen molar-refractivity contribution in [2.45, 2.75) is 6.42 Å². The molecular formula is C16H19FN4O. The summed E-state index contributed by atoms with van der Waals surface area (Å²) < 4.78 is 13.5. The molecule has 1 aliphatic heterocycles. The van der Waals surface area contributed by atoms with Crippen molar-refractivity contribution in [2.75, 3.05) is 38.1 Å². The summed E-state index contributed by atoms with van der Waals surface area (Å²) in [6, 6.07) is 6.50. The molecule has 1 aliphatic rings. The zero-order valence-electron chi connectivity index (χ0n) is 12.6. The van der Waals surface area contributed by atoms with Crippen LogP contribution in [0, 0.1) is 5.82 Å². The van der Waals surface area contributed by atoms with Crippen LogP contribution in [-0.4, -0.2) is 49.0 Å². The van der Waals surface area contributed by atoms with Gasteiger partial charge in [0.05, 0.1) is 12.1 Å². The van der Waals surface area contributed by atoms with E-state index in [1.165, 1.54) is 12.1 Å². The first-order valence-corrected chi connectivity index (χ1v) is 7.34. The molecule has 6 heteroatoms. The van der Waals surface area contributed by atoms with Gasteiger partial charge in [-0.25, -0.2) is 9.37 Å². The maximum Gasteiger partial charge on any atom is 0.223 e. The molecule has 0 unspecified atom stereocenters. The molecule has 1 aromatic heterocycles. The van der Waals surface area contributed by atoms with Gasteiger partial charge in [0.2, 0.25) is 5.91 Å². The molecule has 1 fully saturated rings. The van der Waals surface area contributed by atoms with Gasteiger partial charge in [-0.05, 0) is 30.6 Å². The second-order valence-electron chi connectivity index (χ2n) is 5.73. The van der Waals surface area contributed by atoms with E-state index >= 15 is 0 Å². The van der Waals surface area contributed by atoms with Crippen LogP contribution < -0.4 is 10.6 Å². The second kappa shape index (κ2) is 5.88. The standard InChI is InChI=1S/C16H19FN4O/c1-20-4-6-21(7-5-20)16-8-11-2-3-12(17)9-13(11)14(19-16)10-15(18)22/h2-3,8-9H,4-7,10H2,1H3,(H2,18,22). The highest BCUT2D eigenvalue weighted by atomic mass is 19.1. The van der Waals surface area contributed by atoms with Crippen LogP contribution in [0.4, 0.5) is 10.2 Å². The average molecular weight is 302 g/mol. The second-order valence-corrected chi connectivity index (χ2v) is 5.73. The van der Waals surface area contributed by atoms with E-state index in [1.54, 1.807) is 6.07 Å². The number of carbonyl (C=O) groups excluding carboxylic acids is 1. The lowest BCUT2D eigenvalue weighted by Crippen LogP contribution is -2.44. The molecule has 0 spiro atoms. The predicted molar refractivity (Wildman–Crippen MR) is 84.3 cm³/mol. The molecule has 0 bridgehead atoms. The molecule has 1 aromatic carbocycles. The number of carbonyl (C=O) groups is 1. The number of likely N-dealkylation sites (N-methyl/N-ethyl adjacent to an activating group) is 1. The van der Waals surface area contributed by atoms with Crippen molar-refractivity contribution in [1.29, 1.82) is 0 Å². The van der Waals surface area contributed by atoms with Gasteiger partial charge in [-0.3, -0.25) is 4.79 Å². The topological polar surface area (TPSA) is 62.5 Å². The number of hydrogen-bond acceptors (Lipinski definition) is 4. The molecule has 116 valence electrons. The van der Waals surface area contributed by atoms with Crippen LogP contribution in [0.2, 0.25) is 0 Å². The van der Waals surface area contributed by atoms with E-state index in [-0.39, 0.29) is 12.2 Å². The Kier molecular flexibility index (Phi) is 3.94. The molecule has 22 heavy (non-hydrogen) atoms. The minimum atomic E-state index is -0.464. The molecule has 2 heterocycles. The number of nitrogens with zero attached hydrogens (tertiary/aromatic N) is 3. The monoisotopic (exact) mass is 302 g/mol. The molecule has 1 saturated heterocycles. The minimum absolute atomic E-state index is 0.0154. The number of nitrogens with two attached hydrogens (primary N) is 1. The quantitative estimate of drug-likeness (QED) is 0.924. The average Bonchev–Trinajstić information content (AvgIpc) is 2.48. The minimum Gasteiger partial charge on any atom is -0.369 e. The van der Waals surface area contributed by atoms with E-state index in [2.05, 4.69) is 21.8 Å². The highest BCUT2D eigenvalue weighted by Crippen LogP contribution is 2.25. The zero-order valence-corrected chi connectivity index (χ0v) is 12.6. The summed E-state index contributed by atoms with van der Waals surface area (Å²) in [4.78, 5) is 20.3. The molecule has 0 radical (unpaired) electrons. The molecule has 0 atom stereocenters. The Hall–Kier alpha value is -2.21. The van der Waals surface area contributed by atoms with E-state index in [0.717, 1.165) is 37.4 Å². The summed E-state index contributed by atoms with van der Waals surface area (Å²) in [5, 5.41) is 1.53. The van der Waals surface area contributed by atoms with Gasteiger partial charge in [0, 0.05) is 31.6 Å². The summed E-state index contributed by atoms with van der Waals surface area (Å²) in [6.07, 6.45) is 0.0154. The highest BCUT2D eigenvalue weighted by Gasteiger charge is 2.18. The summed E-state index contributed by atoms with van der Waals surface area (Å²) in [5.41, 5.74) is 5.85. The van der Waals surface area contributed by atoms with E-state index in [4.69, 9.17) is 5.73 Å². The van der Waals surface area contributed by atoms with Crippen molar-refractivity contribution in [3.63, 3.8) is 0 Å². The molecule has 2 aromatic rings. The van der Waals surface area contributed by atoms with Crippen LogP contribution in [0.3, 0.4) is 0 Å². The third-order valence-corrected chi connectivity index (χ3v) is 4.03. The summed E-state index contributed by atoms with van der Waals surface area (Å²) in [5.74, 6) is 0.0180. The number of pyridine rings is 1. The fourth-order valence-corrected chi connectivity index (χ4v) is 2.77. The Balaban J connectivity index is 2.04. The number of amides is 1. The van der Waals surface area contributed by atoms with Gasteiger partial charge in [0.1, 0.15) is 11.6 Å². The van der Waals surface area contributed by atoms with Crippen LogP contribution in [0.25, 0.3) is 10.8 Å². The van der Waals surface area contributed by atoms with Crippen molar-refractivity contribution in [3.8, 4) is 0 Å². The Morgan fingerprint density at radius 3 is 2.68 bits per heavy atom. The van der Waals surface area contributed by atoms with Crippen molar-refractivity contribution in [3.05, 3.63) is 35.8 Å². The van der Waals surface area contributed by atoms with Gasteiger partial charge in [-0.15, -0.1) is 0 Å². The smallest absolute Gasteiger partial charge is 0.223 e. The van der Waals surface area contributed by atoms with Gasteiger partial charge in [0.25, 0.3) is 0 Å². The van der Waals surface area contributed by atoms with Crippen LogP contribution in [0.5, 0.6) is 0 Å². The zero-order chi connectivity index (χ0) is 15.7. The Labute approximate surface area is 128 Å². The number of hydrogen-bond donors (Lipinski definition) is 1. The fourth-order valence-electron chi connectivity index (χ4n) is 2.77. The van der Waals surface area contributed by atoms with E-state index in [9.17, 15) is 9.18 Å². The number of aromatic nitrogens is 1. The Morgan fingerprint density at radius 1 is 1.27 bits per heavy atom. The summed E-state index contributed by atoms with van der Waals surface area (Å²) in [7, 11) is 2.09. The van der Waals surface area contributed by atoms with E-state index in [1.807, 2.05) is 6.07 Å². The third-order valence-electron chi connectivity index (χ3n) is 4.03. The van der Waals surface area contributed by atoms with Crippen molar-refractivity contribution >= 4 is 22.5 Å². The molecular weight excluding hydrogens is 283 g/mol. The molecule has 0 aliphatic carbocycles. The normalized spacial score (nSPS) is 16.2. The largest absolute Gasteiger partial charge is 0.369 e. The van der Waals surface area contributed by atoms with Crippen LogP contribution in [0.15, 0.2) is 24.3 Å². The number of primary amides is 1. The Morgan fingerprint density at radius 2 is 2.00 bits per heavy atom. The summed E-state index contributed by atoms with van der Waals surface area (Å²) in [6.45, 7) is 3.70. The molecule has 0 saturated carbocycles.